The minimum atomic E-state index is -0.633. The van der Waals surface area contributed by atoms with Crippen molar-refractivity contribution in [1.29, 1.82) is 0 Å². The van der Waals surface area contributed by atoms with Crippen LogP contribution in [-0.2, 0) is 83.8 Å². The summed E-state index contributed by atoms with van der Waals surface area (Å²) in [5, 5.41) is 1.14. The molecule has 0 bridgehead atoms. The number of esters is 2. The summed E-state index contributed by atoms with van der Waals surface area (Å²) in [6.45, 7) is 24.8. The van der Waals surface area contributed by atoms with Crippen LogP contribution in [0.5, 0.6) is 23.0 Å². The van der Waals surface area contributed by atoms with Crippen molar-refractivity contribution in [3.63, 3.8) is 0 Å². The Morgan fingerprint density at radius 2 is 0.775 bits per heavy atom. The second kappa shape index (κ2) is 41.3. The molecule has 0 aliphatic carbocycles. The van der Waals surface area contributed by atoms with Crippen LogP contribution in [0, 0.1) is 0 Å². The van der Waals surface area contributed by atoms with E-state index in [2.05, 4.69) is 45.5 Å². The lowest BCUT2D eigenvalue weighted by atomic mass is 9.87. The number of ether oxygens (including phenoxy) is 6. The molecule has 0 N–H and O–H groups in total. The molecule has 16 nitrogen and oxygen atoms in total. The Morgan fingerprint density at radius 1 is 0.375 bits per heavy atom. The second-order valence-electron chi connectivity index (χ2n) is 17.7. The molecule has 80 heavy (non-hydrogen) atoms. The standard InChI is InChI=1S/C64H80O16/c1-7-67-43-23-25-45-69-63-53(28-16-20-48-76-72-10-4)35-36-54(64(63)70-46-26-24-44-68-8-2)38-42-62(66)80-60-40-39-59(57-31-13-14-32-58(57)60)79-61(65)41-37-52-34-33-51(27-15-19-47-75-71-9-3)55(29-17-21-49-77-73-11-5)56(52)30-18-22-50-78-74-12-6/h7-14,31-42H,1-6,15-30,43-50H2/b41-37+,42-38+. The molecule has 0 saturated carbocycles. The van der Waals surface area contributed by atoms with E-state index in [1.807, 2.05) is 30.3 Å². The van der Waals surface area contributed by atoms with Crippen molar-refractivity contribution in [3.05, 3.63) is 183 Å². The summed E-state index contributed by atoms with van der Waals surface area (Å²) in [7, 11) is 0. The molecule has 0 aliphatic rings. The van der Waals surface area contributed by atoms with Gasteiger partial charge in [0, 0.05) is 28.5 Å². The van der Waals surface area contributed by atoms with Crippen molar-refractivity contribution >= 4 is 34.9 Å². The van der Waals surface area contributed by atoms with Crippen LogP contribution in [0.3, 0.4) is 0 Å². The molecule has 0 atom stereocenters. The highest BCUT2D eigenvalue weighted by atomic mass is 17.2. The molecular formula is C64H80O16. The van der Waals surface area contributed by atoms with Gasteiger partial charge in [0.15, 0.2) is 11.5 Å². The Labute approximate surface area is 472 Å². The maximum Gasteiger partial charge on any atom is 0.336 e. The first kappa shape index (κ1) is 64.8. The zero-order valence-corrected chi connectivity index (χ0v) is 46.3. The Bertz CT molecular complexity index is 2390. The minimum Gasteiger partial charge on any atom is -0.502 e. The topological polar surface area (TPSA) is 163 Å². The van der Waals surface area contributed by atoms with E-state index in [9.17, 15) is 9.59 Å². The summed E-state index contributed by atoms with van der Waals surface area (Å²) in [6.07, 6.45) is 26.3. The Balaban J connectivity index is 1.58. The number of fused-ring (bicyclic) bond motifs is 1. The van der Waals surface area contributed by atoms with Crippen LogP contribution < -0.4 is 18.9 Å². The van der Waals surface area contributed by atoms with Crippen LogP contribution in [-0.4, -0.2) is 64.8 Å². The van der Waals surface area contributed by atoms with Gasteiger partial charge in [-0.15, -0.1) is 0 Å². The maximum atomic E-state index is 13.7. The van der Waals surface area contributed by atoms with E-state index in [1.54, 1.807) is 36.4 Å². The Morgan fingerprint density at radius 3 is 1.26 bits per heavy atom. The molecule has 0 spiro atoms. The van der Waals surface area contributed by atoms with Gasteiger partial charge in [0.25, 0.3) is 0 Å². The SMILES string of the molecule is C=COCCCCOc1c(/C=C/C(=O)Oc2ccc(OC(=O)/C=C/c3ccc(CCCCOOC=C)c(CCCCOOC=C)c3CCCCOOC=C)c3ccccc23)ccc(CCCCOOC=C)c1OCCCCOC=C. The van der Waals surface area contributed by atoms with E-state index in [0.29, 0.717) is 99.3 Å². The quantitative estimate of drug-likeness (QED) is 0.00780. The highest BCUT2D eigenvalue weighted by molar-refractivity contribution is 5.99. The number of benzene rings is 4. The molecule has 4 rings (SSSR count). The largest absolute Gasteiger partial charge is 0.502 e. The van der Waals surface area contributed by atoms with Crippen LogP contribution in [0.2, 0.25) is 0 Å². The van der Waals surface area contributed by atoms with Gasteiger partial charge in [-0.25, -0.2) is 9.59 Å². The number of unbranched alkanes of at least 4 members (excludes halogenated alkanes) is 6. The first-order valence-corrected chi connectivity index (χ1v) is 27.3. The number of hydrogen-bond donors (Lipinski definition) is 0. The smallest absolute Gasteiger partial charge is 0.336 e. The highest BCUT2D eigenvalue weighted by Crippen LogP contribution is 2.38. The zero-order valence-electron chi connectivity index (χ0n) is 46.3. The van der Waals surface area contributed by atoms with Crippen molar-refractivity contribution in [2.75, 3.05) is 52.9 Å². The van der Waals surface area contributed by atoms with Gasteiger partial charge < -0.3 is 48.0 Å². The molecule has 0 radical (unpaired) electrons. The summed E-state index contributed by atoms with van der Waals surface area (Å²) in [5.41, 5.74) is 6.03. The van der Waals surface area contributed by atoms with Gasteiger partial charge in [0.05, 0.1) is 65.4 Å². The molecule has 16 heteroatoms. The van der Waals surface area contributed by atoms with Crippen molar-refractivity contribution < 1.29 is 77.1 Å². The van der Waals surface area contributed by atoms with E-state index >= 15 is 0 Å². The zero-order chi connectivity index (χ0) is 57.1. The third-order valence-corrected chi connectivity index (χ3v) is 12.1. The van der Waals surface area contributed by atoms with E-state index in [0.717, 1.165) is 107 Å². The van der Waals surface area contributed by atoms with Crippen LogP contribution in [0.4, 0.5) is 0 Å². The molecule has 4 aromatic carbocycles. The lowest BCUT2D eigenvalue weighted by Gasteiger charge is -2.19. The third kappa shape index (κ3) is 24.9. The number of hydrogen-bond acceptors (Lipinski definition) is 16. The van der Waals surface area contributed by atoms with Crippen molar-refractivity contribution in [2.24, 2.45) is 0 Å². The summed E-state index contributed by atoms with van der Waals surface area (Å²) >= 11 is 0. The molecule has 0 saturated heterocycles. The fourth-order valence-corrected chi connectivity index (χ4v) is 8.39. The third-order valence-electron chi connectivity index (χ3n) is 12.1. The van der Waals surface area contributed by atoms with Gasteiger partial charge in [-0.3, -0.25) is 0 Å². The molecule has 4 aromatic rings. The second-order valence-corrected chi connectivity index (χ2v) is 17.7. The summed E-state index contributed by atoms with van der Waals surface area (Å²) < 4.78 is 35.5. The van der Waals surface area contributed by atoms with Crippen molar-refractivity contribution in [2.45, 2.75) is 103 Å². The lowest BCUT2D eigenvalue weighted by Crippen LogP contribution is -2.08. The summed E-state index contributed by atoms with van der Waals surface area (Å²) in [6, 6.07) is 18.5. The van der Waals surface area contributed by atoms with E-state index in [1.165, 1.54) is 60.9 Å². The lowest BCUT2D eigenvalue weighted by molar-refractivity contribution is -0.248. The van der Waals surface area contributed by atoms with Crippen molar-refractivity contribution in [1.82, 2.24) is 0 Å². The molecule has 0 aliphatic heterocycles. The van der Waals surface area contributed by atoms with Gasteiger partial charge in [-0.2, -0.15) is 19.6 Å². The molecule has 0 heterocycles. The average molecular weight is 1110 g/mol. The Kier molecular flexibility index (Phi) is 33.4. The van der Waals surface area contributed by atoms with Gasteiger partial charge in [-0.1, -0.05) is 88.0 Å². The van der Waals surface area contributed by atoms with Crippen LogP contribution in [0.1, 0.15) is 110 Å². The van der Waals surface area contributed by atoms with Gasteiger partial charge in [0.2, 0.25) is 0 Å². The summed E-state index contributed by atoms with van der Waals surface area (Å²) in [4.78, 5) is 67.5. The Hall–Kier alpha value is -7.76. The molecule has 432 valence electrons. The van der Waals surface area contributed by atoms with E-state index in [-0.39, 0.29) is 5.75 Å². The predicted molar refractivity (Wildman–Crippen MR) is 309 cm³/mol. The molecular weight excluding hydrogens is 1020 g/mol. The van der Waals surface area contributed by atoms with Gasteiger partial charge in [0.1, 0.15) is 36.5 Å². The first-order valence-electron chi connectivity index (χ1n) is 27.3. The fourth-order valence-electron chi connectivity index (χ4n) is 8.39. The summed E-state index contributed by atoms with van der Waals surface area (Å²) in [5.74, 6) is 0.468. The van der Waals surface area contributed by atoms with E-state index < -0.39 is 11.9 Å². The number of rotatable bonds is 48. The van der Waals surface area contributed by atoms with Crippen LogP contribution in [0.15, 0.2) is 150 Å². The van der Waals surface area contributed by atoms with Crippen LogP contribution in [0.25, 0.3) is 22.9 Å². The van der Waals surface area contributed by atoms with Crippen molar-refractivity contribution in [3.8, 4) is 23.0 Å². The average Bonchev–Trinajstić information content (AvgIpc) is 3.48. The van der Waals surface area contributed by atoms with E-state index in [4.69, 9.17) is 67.5 Å². The number of carbonyl (C=O) groups excluding carboxylic acids is 2. The number of carbonyl (C=O) groups is 2. The van der Waals surface area contributed by atoms with Gasteiger partial charge in [-0.05, 0) is 155 Å². The molecule has 0 amide bonds. The number of aryl methyl sites for hydroxylation is 2. The molecule has 0 aromatic heterocycles. The molecule has 0 fully saturated rings. The monoisotopic (exact) mass is 1100 g/mol. The first-order chi connectivity index (χ1) is 39.4. The van der Waals surface area contributed by atoms with Crippen LogP contribution >= 0.6 is 0 Å². The fraction of sp³-hybridized carbons (Fsp3) is 0.375. The highest BCUT2D eigenvalue weighted by Gasteiger charge is 2.19. The van der Waals surface area contributed by atoms with Gasteiger partial charge >= 0.3 is 11.9 Å². The minimum absolute atomic E-state index is 0.280. The maximum absolute atomic E-state index is 13.7. The molecule has 0 unspecified atom stereocenters. The normalized spacial score (nSPS) is 10.9. The predicted octanol–water partition coefficient (Wildman–Crippen LogP) is 14.4.